The number of carbonyl (C=O) groups excluding carboxylic acids is 1. The van der Waals surface area contributed by atoms with E-state index in [9.17, 15) is 9.59 Å². The molecule has 1 rings (SSSR count). The van der Waals surface area contributed by atoms with Gasteiger partial charge in [0.1, 0.15) is 6.04 Å². The lowest BCUT2D eigenvalue weighted by Crippen LogP contribution is -2.40. The molecule has 4 nitrogen and oxygen atoms in total. The van der Waals surface area contributed by atoms with Gasteiger partial charge in [-0.25, -0.2) is 0 Å². The number of carboxylic acid groups (broad SMARTS) is 1. The Morgan fingerprint density at radius 2 is 1.75 bits per heavy atom. The van der Waals surface area contributed by atoms with E-state index in [1.54, 1.807) is 6.92 Å². The fourth-order valence-electron chi connectivity index (χ4n) is 1.29. The third-order valence-corrected chi connectivity index (χ3v) is 2.42. The first kappa shape index (κ1) is 12.2. The minimum atomic E-state index is -1.03. The molecular weight excluding hydrogens is 206 g/mol. The molecule has 1 aromatic rings. The SMILES string of the molecule is CC(C(=O)N[C@@H](C)C(=O)O)c1ccccc1. The Morgan fingerprint density at radius 1 is 1.19 bits per heavy atom. The zero-order valence-corrected chi connectivity index (χ0v) is 9.31. The first-order chi connectivity index (χ1) is 7.52. The summed E-state index contributed by atoms with van der Waals surface area (Å²) in [4.78, 5) is 22.3. The van der Waals surface area contributed by atoms with Crippen molar-refractivity contribution in [3.63, 3.8) is 0 Å². The second kappa shape index (κ2) is 5.30. The summed E-state index contributed by atoms with van der Waals surface area (Å²) in [5, 5.41) is 11.1. The predicted octanol–water partition coefficient (Wildman–Crippen LogP) is 1.38. The van der Waals surface area contributed by atoms with Gasteiger partial charge in [0.25, 0.3) is 0 Å². The number of nitrogens with one attached hydrogen (secondary N) is 1. The summed E-state index contributed by atoms with van der Waals surface area (Å²) in [6, 6.07) is 8.39. The van der Waals surface area contributed by atoms with E-state index in [1.165, 1.54) is 6.92 Å². The summed E-state index contributed by atoms with van der Waals surface area (Å²) in [6.07, 6.45) is 0. The summed E-state index contributed by atoms with van der Waals surface area (Å²) in [5.41, 5.74) is 0.873. The highest BCUT2D eigenvalue weighted by atomic mass is 16.4. The first-order valence-electron chi connectivity index (χ1n) is 5.10. The average molecular weight is 221 g/mol. The monoisotopic (exact) mass is 221 g/mol. The third-order valence-electron chi connectivity index (χ3n) is 2.42. The lowest BCUT2D eigenvalue weighted by molar-refractivity contribution is -0.141. The van der Waals surface area contributed by atoms with Crippen LogP contribution in [0.3, 0.4) is 0 Å². The molecule has 86 valence electrons. The van der Waals surface area contributed by atoms with Crippen LogP contribution in [-0.4, -0.2) is 23.0 Å². The maximum Gasteiger partial charge on any atom is 0.325 e. The molecule has 0 aliphatic carbocycles. The van der Waals surface area contributed by atoms with Crippen LogP contribution in [0.4, 0.5) is 0 Å². The van der Waals surface area contributed by atoms with Crippen molar-refractivity contribution in [1.29, 1.82) is 0 Å². The van der Waals surface area contributed by atoms with E-state index in [4.69, 9.17) is 5.11 Å². The highest BCUT2D eigenvalue weighted by molar-refractivity contribution is 5.87. The van der Waals surface area contributed by atoms with Crippen LogP contribution in [-0.2, 0) is 9.59 Å². The van der Waals surface area contributed by atoms with E-state index >= 15 is 0 Å². The Hall–Kier alpha value is -1.84. The third kappa shape index (κ3) is 3.08. The normalized spacial score (nSPS) is 13.9. The van der Waals surface area contributed by atoms with Crippen LogP contribution < -0.4 is 5.32 Å². The number of aliphatic carboxylic acids is 1. The molecule has 1 unspecified atom stereocenters. The maximum atomic E-state index is 11.7. The van der Waals surface area contributed by atoms with Crippen molar-refractivity contribution in [3.8, 4) is 0 Å². The standard InChI is InChI=1S/C12H15NO3/c1-8(10-6-4-3-5-7-10)11(14)13-9(2)12(15)16/h3-9H,1-2H3,(H,13,14)(H,15,16)/t8?,9-/m0/s1. The van der Waals surface area contributed by atoms with Crippen molar-refractivity contribution in [3.05, 3.63) is 35.9 Å². The average Bonchev–Trinajstić information content (AvgIpc) is 2.28. The quantitative estimate of drug-likeness (QED) is 0.807. The minimum Gasteiger partial charge on any atom is -0.480 e. The molecule has 0 heterocycles. The molecule has 1 amide bonds. The van der Waals surface area contributed by atoms with Crippen molar-refractivity contribution >= 4 is 11.9 Å². The van der Waals surface area contributed by atoms with Crippen molar-refractivity contribution < 1.29 is 14.7 Å². The minimum absolute atomic E-state index is 0.277. The summed E-state index contributed by atoms with van der Waals surface area (Å²) in [5.74, 6) is -1.65. The van der Waals surface area contributed by atoms with Gasteiger partial charge in [-0.05, 0) is 19.4 Å². The highest BCUT2D eigenvalue weighted by Gasteiger charge is 2.19. The second-order valence-electron chi connectivity index (χ2n) is 3.70. The smallest absolute Gasteiger partial charge is 0.325 e. The van der Waals surface area contributed by atoms with Gasteiger partial charge in [-0.2, -0.15) is 0 Å². The predicted molar refractivity (Wildman–Crippen MR) is 60.1 cm³/mol. The fourth-order valence-corrected chi connectivity index (χ4v) is 1.29. The summed E-state index contributed by atoms with van der Waals surface area (Å²) in [6.45, 7) is 3.19. The lowest BCUT2D eigenvalue weighted by atomic mass is 10.0. The summed E-state index contributed by atoms with van der Waals surface area (Å²) < 4.78 is 0. The molecule has 0 aliphatic rings. The van der Waals surface area contributed by atoms with Crippen LogP contribution in [0.15, 0.2) is 30.3 Å². The van der Waals surface area contributed by atoms with Gasteiger partial charge in [0.2, 0.25) is 5.91 Å². The number of hydrogen-bond acceptors (Lipinski definition) is 2. The molecule has 0 saturated heterocycles. The second-order valence-corrected chi connectivity index (χ2v) is 3.70. The van der Waals surface area contributed by atoms with Gasteiger partial charge < -0.3 is 10.4 Å². The molecule has 0 saturated carbocycles. The zero-order valence-electron chi connectivity index (χ0n) is 9.31. The van der Waals surface area contributed by atoms with E-state index in [-0.39, 0.29) is 11.8 Å². The van der Waals surface area contributed by atoms with Crippen molar-refractivity contribution in [2.75, 3.05) is 0 Å². The van der Waals surface area contributed by atoms with Gasteiger partial charge in [0.05, 0.1) is 5.92 Å². The highest BCUT2D eigenvalue weighted by Crippen LogP contribution is 2.14. The summed E-state index contributed by atoms with van der Waals surface area (Å²) in [7, 11) is 0. The number of hydrogen-bond donors (Lipinski definition) is 2. The Labute approximate surface area is 94.3 Å². The van der Waals surface area contributed by atoms with Crippen LogP contribution in [0.1, 0.15) is 25.3 Å². The number of carboxylic acids is 1. The molecule has 0 fully saturated rings. The number of benzene rings is 1. The summed E-state index contributed by atoms with van der Waals surface area (Å²) >= 11 is 0. The van der Waals surface area contributed by atoms with Crippen LogP contribution >= 0.6 is 0 Å². The Balaban J connectivity index is 2.65. The van der Waals surface area contributed by atoms with E-state index in [0.29, 0.717) is 0 Å². The molecule has 2 atom stereocenters. The molecule has 0 radical (unpaired) electrons. The molecule has 0 spiro atoms. The molecular formula is C12H15NO3. The molecule has 1 aromatic carbocycles. The van der Waals surface area contributed by atoms with Gasteiger partial charge >= 0.3 is 5.97 Å². The van der Waals surface area contributed by atoms with E-state index in [1.807, 2.05) is 30.3 Å². The Kier molecular flexibility index (Phi) is 4.05. The molecule has 2 N–H and O–H groups in total. The first-order valence-corrected chi connectivity index (χ1v) is 5.10. The zero-order chi connectivity index (χ0) is 12.1. The van der Waals surface area contributed by atoms with Gasteiger partial charge in [0.15, 0.2) is 0 Å². The van der Waals surface area contributed by atoms with E-state index in [0.717, 1.165) is 5.56 Å². The number of rotatable bonds is 4. The van der Waals surface area contributed by atoms with Crippen LogP contribution in [0.5, 0.6) is 0 Å². The Morgan fingerprint density at radius 3 is 2.25 bits per heavy atom. The van der Waals surface area contributed by atoms with Crippen LogP contribution in [0.25, 0.3) is 0 Å². The lowest BCUT2D eigenvalue weighted by Gasteiger charge is -2.14. The molecule has 0 aliphatic heterocycles. The van der Waals surface area contributed by atoms with Crippen LogP contribution in [0, 0.1) is 0 Å². The van der Waals surface area contributed by atoms with Gasteiger partial charge in [-0.3, -0.25) is 9.59 Å². The number of amides is 1. The van der Waals surface area contributed by atoms with Gasteiger partial charge in [-0.1, -0.05) is 30.3 Å². The molecule has 16 heavy (non-hydrogen) atoms. The largest absolute Gasteiger partial charge is 0.480 e. The van der Waals surface area contributed by atoms with E-state index < -0.39 is 12.0 Å². The topological polar surface area (TPSA) is 66.4 Å². The molecule has 4 heteroatoms. The van der Waals surface area contributed by atoms with Crippen molar-refractivity contribution in [2.24, 2.45) is 0 Å². The van der Waals surface area contributed by atoms with Gasteiger partial charge in [-0.15, -0.1) is 0 Å². The van der Waals surface area contributed by atoms with Crippen LogP contribution in [0.2, 0.25) is 0 Å². The van der Waals surface area contributed by atoms with Crippen molar-refractivity contribution in [2.45, 2.75) is 25.8 Å². The van der Waals surface area contributed by atoms with Gasteiger partial charge in [0, 0.05) is 0 Å². The van der Waals surface area contributed by atoms with Crippen molar-refractivity contribution in [1.82, 2.24) is 5.32 Å². The Bertz CT molecular complexity index is 375. The van der Waals surface area contributed by atoms with E-state index in [2.05, 4.69) is 5.32 Å². The molecule has 0 aromatic heterocycles. The number of carbonyl (C=O) groups is 2. The fraction of sp³-hybridized carbons (Fsp3) is 0.333. The maximum absolute atomic E-state index is 11.7. The molecule has 0 bridgehead atoms.